The third-order valence-corrected chi connectivity index (χ3v) is 3.34. The molecule has 0 saturated carbocycles. The first-order chi connectivity index (χ1) is 9.47. The van der Waals surface area contributed by atoms with Crippen LogP contribution in [0.4, 0.5) is 5.69 Å². The maximum Gasteiger partial charge on any atom is 0.253 e. The zero-order valence-corrected chi connectivity index (χ0v) is 12.1. The fourth-order valence-corrected chi connectivity index (χ4v) is 2.16. The van der Waals surface area contributed by atoms with E-state index in [0.717, 1.165) is 11.1 Å². The molecule has 0 spiro atoms. The Morgan fingerprint density at radius 1 is 1.10 bits per heavy atom. The largest absolute Gasteiger partial charge is 0.398 e. The molecule has 104 valence electrons. The van der Waals surface area contributed by atoms with Crippen molar-refractivity contribution in [1.29, 1.82) is 0 Å². The van der Waals surface area contributed by atoms with E-state index < -0.39 is 0 Å². The predicted molar refractivity (Wildman–Crippen MR) is 82.7 cm³/mol. The molecule has 2 aromatic carbocycles. The van der Waals surface area contributed by atoms with E-state index in [9.17, 15) is 4.79 Å². The Kier molecular flexibility index (Phi) is 4.08. The molecule has 2 aromatic rings. The number of hydrogen-bond donors (Lipinski definition) is 2. The van der Waals surface area contributed by atoms with Crippen LogP contribution in [0.3, 0.4) is 0 Å². The molecule has 3 nitrogen and oxygen atoms in total. The van der Waals surface area contributed by atoms with Crippen LogP contribution in [0.1, 0.15) is 40.0 Å². The summed E-state index contributed by atoms with van der Waals surface area (Å²) in [5.74, 6) is -0.139. The molecular weight excluding hydrogens is 248 g/mol. The Hall–Kier alpha value is -2.29. The molecule has 3 heteroatoms. The van der Waals surface area contributed by atoms with Gasteiger partial charge in [0.15, 0.2) is 0 Å². The molecule has 0 unspecified atom stereocenters. The number of nitrogen functional groups attached to an aromatic ring is 1. The number of amides is 1. The van der Waals surface area contributed by atoms with Crippen LogP contribution >= 0.6 is 0 Å². The molecular formula is C17H20N2O. The van der Waals surface area contributed by atoms with Gasteiger partial charge in [-0.3, -0.25) is 4.79 Å². The first kappa shape index (κ1) is 14.1. The van der Waals surface area contributed by atoms with Crippen molar-refractivity contribution in [2.75, 3.05) is 5.73 Å². The lowest BCUT2D eigenvalue weighted by Crippen LogP contribution is -2.27. The number of hydrogen-bond acceptors (Lipinski definition) is 2. The molecule has 20 heavy (non-hydrogen) atoms. The predicted octanol–water partition coefficient (Wildman–Crippen LogP) is 3.38. The van der Waals surface area contributed by atoms with Gasteiger partial charge in [-0.1, -0.05) is 41.5 Å². The lowest BCUT2D eigenvalue weighted by Gasteiger charge is -2.16. The van der Waals surface area contributed by atoms with Crippen LogP contribution in [-0.2, 0) is 0 Å². The minimum atomic E-state index is -0.139. The van der Waals surface area contributed by atoms with Gasteiger partial charge in [0.25, 0.3) is 5.91 Å². The van der Waals surface area contributed by atoms with Crippen molar-refractivity contribution in [2.24, 2.45) is 0 Å². The minimum absolute atomic E-state index is 0.0534. The van der Waals surface area contributed by atoms with Crippen LogP contribution in [0.5, 0.6) is 0 Å². The monoisotopic (exact) mass is 268 g/mol. The lowest BCUT2D eigenvalue weighted by molar-refractivity contribution is 0.0940. The van der Waals surface area contributed by atoms with Crippen LogP contribution < -0.4 is 11.1 Å². The second-order valence-electron chi connectivity index (χ2n) is 5.20. The highest BCUT2D eigenvalue weighted by atomic mass is 16.1. The minimum Gasteiger partial charge on any atom is -0.398 e. The maximum atomic E-state index is 12.3. The molecule has 0 aliphatic heterocycles. The molecule has 0 bridgehead atoms. The number of nitrogens with two attached hydrogens (primary N) is 1. The molecule has 1 atom stereocenters. The molecule has 3 N–H and O–H groups in total. The maximum absolute atomic E-state index is 12.3. The Balaban J connectivity index is 2.17. The zero-order valence-electron chi connectivity index (χ0n) is 12.1. The van der Waals surface area contributed by atoms with E-state index in [1.54, 1.807) is 6.07 Å². The van der Waals surface area contributed by atoms with Crippen molar-refractivity contribution in [3.63, 3.8) is 0 Å². The van der Waals surface area contributed by atoms with E-state index in [-0.39, 0.29) is 11.9 Å². The summed E-state index contributed by atoms with van der Waals surface area (Å²) in [5, 5.41) is 2.99. The van der Waals surface area contributed by atoms with Crippen LogP contribution in [0.2, 0.25) is 0 Å². The standard InChI is InChI=1S/C17H20N2O/c1-11-5-4-6-14(9-11)13(3)19-17(20)15-10-12(2)7-8-16(15)18/h4-10,13H,18H2,1-3H3,(H,19,20)/t13-/m0/s1. The molecule has 0 heterocycles. The third-order valence-electron chi connectivity index (χ3n) is 3.34. The summed E-state index contributed by atoms with van der Waals surface area (Å²) in [6.07, 6.45) is 0. The first-order valence-corrected chi connectivity index (χ1v) is 6.71. The summed E-state index contributed by atoms with van der Waals surface area (Å²) in [6.45, 7) is 5.95. The quantitative estimate of drug-likeness (QED) is 0.838. The highest BCUT2D eigenvalue weighted by Gasteiger charge is 2.14. The highest BCUT2D eigenvalue weighted by Crippen LogP contribution is 2.17. The van der Waals surface area contributed by atoms with Gasteiger partial charge < -0.3 is 11.1 Å². The van der Waals surface area contributed by atoms with Gasteiger partial charge in [-0.2, -0.15) is 0 Å². The Bertz CT molecular complexity index is 635. The molecule has 0 aliphatic rings. The summed E-state index contributed by atoms with van der Waals surface area (Å²) in [7, 11) is 0. The van der Waals surface area contributed by atoms with E-state index in [2.05, 4.69) is 11.4 Å². The SMILES string of the molecule is Cc1cccc([C@H](C)NC(=O)c2cc(C)ccc2N)c1. The van der Waals surface area contributed by atoms with Crippen molar-refractivity contribution in [1.82, 2.24) is 5.32 Å². The number of benzene rings is 2. The van der Waals surface area contributed by atoms with Crippen molar-refractivity contribution < 1.29 is 4.79 Å². The summed E-state index contributed by atoms with van der Waals surface area (Å²) >= 11 is 0. The zero-order chi connectivity index (χ0) is 14.7. The molecule has 0 aromatic heterocycles. The summed E-state index contributed by atoms with van der Waals surface area (Å²) in [4.78, 5) is 12.3. The van der Waals surface area contributed by atoms with Gasteiger partial charge in [0.05, 0.1) is 11.6 Å². The molecule has 0 aliphatic carbocycles. The molecule has 0 radical (unpaired) electrons. The second kappa shape index (κ2) is 5.78. The van der Waals surface area contributed by atoms with E-state index in [1.807, 2.05) is 51.1 Å². The molecule has 2 rings (SSSR count). The number of nitrogens with one attached hydrogen (secondary N) is 1. The van der Waals surface area contributed by atoms with Crippen molar-refractivity contribution in [3.8, 4) is 0 Å². The van der Waals surface area contributed by atoms with E-state index in [4.69, 9.17) is 5.73 Å². The molecule has 0 saturated heterocycles. The average molecular weight is 268 g/mol. The summed E-state index contributed by atoms with van der Waals surface area (Å²) < 4.78 is 0. The second-order valence-corrected chi connectivity index (χ2v) is 5.20. The Morgan fingerprint density at radius 2 is 1.80 bits per heavy atom. The van der Waals surface area contributed by atoms with Crippen molar-refractivity contribution in [2.45, 2.75) is 26.8 Å². The van der Waals surface area contributed by atoms with Crippen LogP contribution in [0.15, 0.2) is 42.5 Å². The van der Waals surface area contributed by atoms with Crippen LogP contribution in [-0.4, -0.2) is 5.91 Å². The Morgan fingerprint density at radius 3 is 2.50 bits per heavy atom. The first-order valence-electron chi connectivity index (χ1n) is 6.71. The van der Waals surface area contributed by atoms with Crippen molar-refractivity contribution in [3.05, 3.63) is 64.7 Å². The van der Waals surface area contributed by atoms with Crippen LogP contribution in [0.25, 0.3) is 0 Å². The number of aryl methyl sites for hydroxylation is 2. The summed E-state index contributed by atoms with van der Waals surface area (Å²) in [5.41, 5.74) is 10.2. The van der Waals surface area contributed by atoms with Gasteiger partial charge in [-0.25, -0.2) is 0 Å². The number of carbonyl (C=O) groups is 1. The van der Waals surface area contributed by atoms with Gasteiger partial charge in [0, 0.05) is 5.69 Å². The Labute approximate surface area is 119 Å². The fourth-order valence-electron chi connectivity index (χ4n) is 2.16. The average Bonchev–Trinajstić information content (AvgIpc) is 2.41. The molecule has 0 fully saturated rings. The van der Waals surface area contributed by atoms with Gasteiger partial charge in [-0.05, 0) is 38.5 Å². The smallest absolute Gasteiger partial charge is 0.253 e. The number of rotatable bonds is 3. The number of anilines is 1. The fraction of sp³-hybridized carbons (Fsp3) is 0.235. The van der Waals surface area contributed by atoms with Gasteiger partial charge in [-0.15, -0.1) is 0 Å². The third kappa shape index (κ3) is 3.18. The topological polar surface area (TPSA) is 55.1 Å². The van der Waals surface area contributed by atoms with Gasteiger partial charge in [0.1, 0.15) is 0 Å². The number of carbonyl (C=O) groups excluding carboxylic acids is 1. The van der Waals surface area contributed by atoms with Crippen molar-refractivity contribution >= 4 is 11.6 Å². The molecule has 1 amide bonds. The summed E-state index contributed by atoms with van der Waals surface area (Å²) in [6, 6.07) is 13.5. The lowest BCUT2D eigenvalue weighted by atomic mass is 10.0. The normalized spacial score (nSPS) is 11.9. The highest BCUT2D eigenvalue weighted by molar-refractivity contribution is 5.99. The van der Waals surface area contributed by atoms with Gasteiger partial charge >= 0.3 is 0 Å². The van der Waals surface area contributed by atoms with E-state index in [0.29, 0.717) is 11.3 Å². The van der Waals surface area contributed by atoms with E-state index >= 15 is 0 Å². The van der Waals surface area contributed by atoms with Gasteiger partial charge in [0.2, 0.25) is 0 Å². The van der Waals surface area contributed by atoms with E-state index in [1.165, 1.54) is 5.56 Å². The van der Waals surface area contributed by atoms with Crippen LogP contribution in [0, 0.1) is 13.8 Å².